The van der Waals surface area contributed by atoms with Crippen LogP contribution in [0.5, 0.6) is 11.5 Å². The predicted molar refractivity (Wildman–Crippen MR) is 81.5 cm³/mol. The zero-order valence-electron chi connectivity index (χ0n) is 12.8. The highest BCUT2D eigenvalue weighted by Gasteiger charge is 2.21. The Morgan fingerprint density at radius 3 is 2.76 bits per heavy atom. The number of likely N-dealkylation sites (tertiary alicyclic amines) is 1. The molecular weight excluding hydrogens is 268 g/mol. The number of benzene rings is 1. The summed E-state index contributed by atoms with van der Waals surface area (Å²) >= 11 is 0. The molecule has 0 saturated carbocycles. The first-order valence-corrected chi connectivity index (χ1v) is 7.41. The number of hydrogen-bond donors (Lipinski definition) is 1. The van der Waals surface area contributed by atoms with Crippen LogP contribution in [0.1, 0.15) is 37.3 Å². The van der Waals surface area contributed by atoms with Gasteiger partial charge in [0.25, 0.3) is 0 Å². The normalized spacial score (nSPS) is 17.3. The first-order chi connectivity index (χ1) is 10.2. The van der Waals surface area contributed by atoms with E-state index in [1.165, 1.54) is 0 Å². The number of carbonyl (C=O) groups is 1. The fourth-order valence-electron chi connectivity index (χ4n) is 2.70. The molecule has 5 nitrogen and oxygen atoms in total. The van der Waals surface area contributed by atoms with Crippen molar-refractivity contribution in [1.82, 2.24) is 4.90 Å². The van der Waals surface area contributed by atoms with Crippen LogP contribution >= 0.6 is 0 Å². The number of ether oxygens (including phenoxy) is 2. The second-order valence-electron chi connectivity index (χ2n) is 5.36. The number of methoxy groups -OCH3 is 2. The van der Waals surface area contributed by atoms with Gasteiger partial charge in [0.2, 0.25) is 5.91 Å². The molecule has 0 spiro atoms. The van der Waals surface area contributed by atoms with Crippen molar-refractivity contribution in [3.63, 3.8) is 0 Å². The van der Waals surface area contributed by atoms with Gasteiger partial charge in [0.05, 0.1) is 20.3 Å². The van der Waals surface area contributed by atoms with Crippen molar-refractivity contribution in [2.75, 3.05) is 27.3 Å². The summed E-state index contributed by atoms with van der Waals surface area (Å²) in [5.74, 6) is 1.67. The van der Waals surface area contributed by atoms with Gasteiger partial charge in [-0.25, -0.2) is 0 Å². The summed E-state index contributed by atoms with van der Waals surface area (Å²) in [7, 11) is 3.24. The van der Waals surface area contributed by atoms with Crippen LogP contribution in [-0.4, -0.2) is 38.1 Å². The molecule has 0 aliphatic carbocycles. The summed E-state index contributed by atoms with van der Waals surface area (Å²) < 4.78 is 10.6. The largest absolute Gasteiger partial charge is 0.497 e. The van der Waals surface area contributed by atoms with Gasteiger partial charge in [-0.2, -0.15) is 0 Å². The number of nitrogens with two attached hydrogens (primary N) is 1. The third kappa shape index (κ3) is 3.88. The van der Waals surface area contributed by atoms with Crippen LogP contribution < -0.4 is 15.2 Å². The van der Waals surface area contributed by atoms with Gasteiger partial charge in [-0.3, -0.25) is 4.79 Å². The third-order valence-corrected chi connectivity index (χ3v) is 3.92. The van der Waals surface area contributed by atoms with Crippen LogP contribution in [-0.2, 0) is 4.79 Å². The van der Waals surface area contributed by atoms with Crippen LogP contribution in [0.25, 0.3) is 0 Å². The lowest BCUT2D eigenvalue weighted by molar-refractivity contribution is -0.130. The summed E-state index contributed by atoms with van der Waals surface area (Å²) in [6, 6.07) is 5.29. The average Bonchev–Trinajstić information content (AvgIpc) is 2.71. The van der Waals surface area contributed by atoms with Crippen molar-refractivity contribution in [3.8, 4) is 11.5 Å². The summed E-state index contributed by atoms with van der Waals surface area (Å²) in [5.41, 5.74) is 7.18. The maximum atomic E-state index is 12.1. The average molecular weight is 292 g/mol. The molecule has 1 atom stereocenters. The molecule has 116 valence electrons. The zero-order valence-corrected chi connectivity index (χ0v) is 12.8. The van der Waals surface area contributed by atoms with Crippen LogP contribution in [0.2, 0.25) is 0 Å². The standard InChI is InChI=1S/C16H24N2O3/c1-20-12-7-8-15(21-2)13(10-12)14(17)11-18-9-5-3-4-6-16(18)19/h7-8,10,14H,3-6,9,11,17H2,1-2H3. The highest BCUT2D eigenvalue weighted by molar-refractivity contribution is 5.76. The van der Waals surface area contributed by atoms with Gasteiger partial charge in [-0.15, -0.1) is 0 Å². The number of hydrogen-bond acceptors (Lipinski definition) is 4. The van der Waals surface area contributed by atoms with Crippen LogP contribution in [0.4, 0.5) is 0 Å². The van der Waals surface area contributed by atoms with E-state index in [0.717, 1.165) is 42.9 Å². The molecule has 0 radical (unpaired) electrons. The van der Waals surface area contributed by atoms with E-state index in [-0.39, 0.29) is 11.9 Å². The van der Waals surface area contributed by atoms with Crippen molar-refractivity contribution in [2.45, 2.75) is 31.7 Å². The Kier molecular flexibility index (Phi) is 5.44. The summed E-state index contributed by atoms with van der Waals surface area (Å²) in [6.07, 6.45) is 3.77. The van der Waals surface area contributed by atoms with Crippen molar-refractivity contribution < 1.29 is 14.3 Å². The molecule has 1 aliphatic heterocycles. The highest BCUT2D eigenvalue weighted by atomic mass is 16.5. The molecule has 1 aliphatic rings. The molecule has 1 heterocycles. The Labute approximate surface area is 126 Å². The van der Waals surface area contributed by atoms with E-state index in [1.807, 2.05) is 23.1 Å². The topological polar surface area (TPSA) is 64.8 Å². The maximum Gasteiger partial charge on any atom is 0.222 e. The molecule has 1 fully saturated rings. The second kappa shape index (κ2) is 7.31. The number of carbonyl (C=O) groups excluding carboxylic acids is 1. The molecule has 0 bridgehead atoms. The molecular formula is C16H24N2O3. The van der Waals surface area contributed by atoms with Crippen LogP contribution in [0.3, 0.4) is 0 Å². The lowest BCUT2D eigenvalue weighted by Crippen LogP contribution is -2.36. The van der Waals surface area contributed by atoms with Gasteiger partial charge in [0, 0.05) is 25.1 Å². The first kappa shape index (κ1) is 15.6. The van der Waals surface area contributed by atoms with E-state index >= 15 is 0 Å². The van der Waals surface area contributed by atoms with Gasteiger partial charge in [-0.1, -0.05) is 6.42 Å². The smallest absolute Gasteiger partial charge is 0.222 e. The predicted octanol–water partition coefficient (Wildman–Crippen LogP) is 2.11. The minimum absolute atomic E-state index is 0.199. The van der Waals surface area contributed by atoms with E-state index in [9.17, 15) is 4.79 Å². The molecule has 5 heteroatoms. The van der Waals surface area contributed by atoms with E-state index in [2.05, 4.69) is 0 Å². The Bertz CT molecular complexity index is 490. The van der Waals surface area contributed by atoms with E-state index in [0.29, 0.717) is 13.0 Å². The Morgan fingerprint density at radius 1 is 1.24 bits per heavy atom. The maximum absolute atomic E-state index is 12.1. The third-order valence-electron chi connectivity index (χ3n) is 3.92. The minimum atomic E-state index is -0.280. The molecule has 21 heavy (non-hydrogen) atoms. The summed E-state index contributed by atoms with van der Waals surface area (Å²) in [5, 5.41) is 0. The van der Waals surface area contributed by atoms with Crippen molar-refractivity contribution >= 4 is 5.91 Å². The molecule has 2 rings (SSSR count). The van der Waals surface area contributed by atoms with Gasteiger partial charge >= 0.3 is 0 Å². The monoisotopic (exact) mass is 292 g/mol. The molecule has 2 N–H and O–H groups in total. The second-order valence-corrected chi connectivity index (χ2v) is 5.36. The fourth-order valence-corrected chi connectivity index (χ4v) is 2.70. The molecule has 1 amide bonds. The lowest BCUT2D eigenvalue weighted by Gasteiger charge is -2.25. The van der Waals surface area contributed by atoms with Crippen LogP contribution in [0, 0.1) is 0 Å². The van der Waals surface area contributed by atoms with Gasteiger partial charge in [0.1, 0.15) is 11.5 Å². The van der Waals surface area contributed by atoms with Crippen LogP contribution in [0.15, 0.2) is 18.2 Å². The molecule has 1 saturated heterocycles. The zero-order chi connectivity index (χ0) is 15.2. The Hall–Kier alpha value is -1.75. The number of nitrogens with zero attached hydrogens (tertiary/aromatic N) is 1. The minimum Gasteiger partial charge on any atom is -0.497 e. The highest BCUT2D eigenvalue weighted by Crippen LogP contribution is 2.29. The molecule has 1 aromatic carbocycles. The number of amides is 1. The van der Waals surface area contributed by atoms with E-state index in [4.69, 9.17) is 15.2 Å². The molecule has 0 aromatic heterocycles. The van der Waals surface area contributed by atoms with E-state index in [1.54, 1.807) is 14.2 Å². The van der Waals surface area contributed by atoms with Crippen molar-refractivity contribution in [1.29, 1.82) is 0 Å². The summed E-state index contributed by atoms with van der Waals surface area (Å²) in [6.45, 7) is 1.31. The van der Waals surface area contributed by atoms with Gasteiger partial charge in [-0.05, 0) is 31.0 Å². The molecule has 1 unspecified atom stereocenters. The van der Waals surface area contributed by atoms with E-state index < -0.39 is 0 Å². The summed E-state index contributed by atoms with van der Waals surface area (Å²) in [4.78, 5) is 13.9. The Balaban J connectivity index is 2.14. The fraction of sp³-hybridized carbons (Fsp3) is 0.562. The van der Waals surface area contributed by atoms with Gasteiger partial charge < -0.3 is 20.1 Å². The quantitative estimate of drug-likeness (QED) is 0.902. The number of rotatable bonds is 5. The first-order valence-electron chi connectivity index (χ1n) is 7.41. The SMILES string of the molecule is COc1ccc(OC)c(C(N)CN2CCCCCC2=O)c1. The molecule has 1 aromatic rings. The lowest BCUT2D eigenvalue weighted by atomic mass is 10.1. The Morgan fingerprint density at radius 2 is 2.05 bits per heavy atom. The van der Waals surface area contributed by atoms with Crippen molar-refractivity contribution in [3.05, 3.63) is 23.8 Å². The van der Waals surface area contributed by atoms with Gasteiger partial charge in [0.15, 0.2) is 0 Å². The van der Waals surface area contributed by atoms with Crippen molar-refractivity contribution in [2.24, 2.45) is 5.73 Å².